The number of allylic oxidation sites excluding steroid dienone is 2. The topological polar surface area (TPSA) is 77.3 Å². The number of nitrogens with zero attached hydrogens (tertiary/aromatic N) is 2. The maximum atomic E-state index is 13.4. The number of aliphatic hydroxyl groups is 1. The number of aromatic nitrogens is 1. The average Bonchev–Trinajstić information content (AvgIpc) is 2.84. The second kappa shape index (κ2) is 8.75. The van der Waals surface area contributed by atoms with Crippen molar-refractivity contribution >= 4 is 23.1 Å². The van der Waals surface area contributed by atoms with Gasteiger partial charge in [-0.05, 0) is 56.0 Å². The van der Waals surface area contributed by atoms with E-state index in [-0.39, 0.29) is 17.4 Å². The highest BCUT2D eigenvalue weighted by atomic mass is 16.3. The lowest BCUT2D eigenvalue weighted by Gasteiger charge is -2.41. The number of anilines is 1. The minimum atomic E-state index is -0.550. The van der Waals surface area contributed by atoms with Crippen molar-refractivity contribution in [3.05, 3.63) is 112 Å². The molecule has 1 aromatic heterocycles. The van der Waals surface area contributed by atoms with Crippen molar-refractivity contribution in [2.45, 2.75) is 39.0 Å². The van der Waals surface area contributed by atoms with Crippen molar-refractivity contribution < 1.29 is 9.90 Å². The number of rotatable bonds is 3. The summed E-state index contributed by atoms with van der Waals surface area (Å²) in [7, 11) is 0. The summed E-state index contributed by atoms with van der Waals surface area (Å²) in [5, 5.41) is 20.9. The largest absolute Gasteiger partial charge is 0.507 e. The van der Waals surface area contributed by atoms with Gasteiger partial charge in [0.15, 0.2) is 5.78 Å². The van der Waals surface area contributed by atoms with Gasteiger partial charge in [-0.1, -0.05) is 48.0 Å². The van der Waals surface area contributed by atoms with E-state index in [1.165, 1.54) is 0 Å². The number of carbonyl (C=O) groups excluding carboxylic acids is 1. The lowest BCUT2D eigenvalue weighted by Crippen LogP contribution is -2.42. The molecule has 0 saturated heterocycles. The molecule has 2 aromatic carbocycles. The Hall–Kier alpha value is -3.99. The number of amidine groups is 1. The van der Waals surface area contributed by atoms with Gasteiger partial charge in [-0.25, -0.2) is 0 Å². The van der Waals surface area contributed by atoms with E-state index in [0.717, 1.165) is 34.5 Å². The van der Waals surface area contributed by atoms with Crippen LogP contribution in [0.1, 0.15) is 47.4 Å². The quantitative estimate of drug-likeness (QED) is 0.463. The van der Waals surface area contributed by atoms with Crippen LogP contribution in [-0.2, 0) is 4.79 Å². The second-order valence-electron chi connectivity index (χ2n) is 9.01. The van der Waals surface area contributed by atoms with Crippen LogP contribution in [0.5, 0.6) is 0 Å². The van der Waals surface area contributed by atoms with Gasteiger partial charge in [0, 0.05) is 52.8 Å². The van der Waals surface area contributed by atoms with Gasteiger partial charge in [0.25, 0.3) is 0 Å². The van der Waals surface area contributed by atoms with Crippen LogP contribution in [0, 0.1) is 19.3 Å². The van der Waals surface area contributed by atoms with E-state index < -0.39 is 5.92 Å². The summed E-state index contributed by atoms with van der Waals surface area (Å²) < 4.78 is 0. The zero-order valence-electron chi connectivity index (χ0n) is 19.4. The van der Waals surface area contributed by atoms with Crippen molar-refractivity contribution in [3.8, 4) is 0 Å². The smallest absolute Gasteiger partial charge is 0.161 e. The molecule has 1 atom stereocenters. The molecule has 1 aliphatic carbocycles. The summed E-state index contributed by atoms with van der Waals surface area (Å²) in [5.74, 6) is -0.284. The number of Topliss-reactive ketones (excluding diaryl/α,β-unsaturated/α-hetero) is 1. The van der Waals surface area contributed by atoms with Crippen LogP contribution in [0.3, 0.4) is 0 Å². The number of pyridine rings is 1. The maximum Gasteiger partial charge on any atom is 0.161 e. The van der Waals surface area contributed by atoms with E-state index in [0.29, 0.717) is 29.6 Å². The third kappa shape index (κ3) is 3.73. The predicted molar refractivity (Wildman–Crippen MR) is 135 cm³/mol. The summed E-state index contributed by atoms with van der Waals surface area (Å²) >= 11 is 0. The molecular weight excluding hydrogens is 422 g/mol. The van der Waals surface area contributed by atoms with Gasteiger partial charge in [-0.15, -0.1) is 0 Å². The highest BCUT2D eigenvalue weighted by molar-refractivity contribution is 6.19. The highest BCUT2D eigenvalue weighted by Gasteiger charge is 2.43. The Morgan fingerprint density at radius 2 is 1.82 bits per heavy atom. The molecule has 170 valence electrons. The normalized spacial score (nSPS) is 19.8. The molecule has 2 heterocycles. The Morgan fingerprint density at radius 3 is 2.53 bits per heavy atom. The molecule has 0 saturated carbocycles. The molecule has 0 radical (unpaired) electrons. The van der Waals surface area contributed by atoms with Crippen LogP contribution in [0.4, 0.5) is 5.69 Å². The average molecular weight is 450 g/mol. The predicted octanol–water partition coefficient (Wildman–Crippen LogP) is 6.26. The monoisotopic (exact) mass is 449 g/mol. The fourth-order valence-electron chi connectivity index (χ4n) is 4.99. The first kappa shape index (κ1) is 21.8. The number of aryl methyl sites for hydroxylation is 2. The van der Waals surface area contributed by atoms with E-state index in [1.54, 1.807) is 12.4 Å². The molecule has 3 aromatic rings. The second-order valence-corrected chi connectivity index (χ2v) is 9.01. The standard InChI is InChI=1S/C29H27N3O2/c1-18-11-13-20(14-12-18)28(34)27-25(21-7-5-15-31-17-21)26-23(9-4-10-24(26)33)32(29(27)30)22-8-3-6-19(2)16-22/h3,5-8,11-17,25,30,34H,4,9-10H2,1-2H3/b28-27+,30-29?. The SMILES string of the molecule is Cc1ccc(/C(O)=C2\C(=N)N(c3cccc(C)c3)C3=C(C(=O)CCC3)C2c2cccnc2)cc1. The molecule has 0 amide bonds. The van der Waals surface area contributed by atoms with Crippen LogP contribution in [-0.4, -0.2) is 21.7 Å². The number of benzene rings is 2. The van der Waals surface area contributed by atoms with Gasteiger partial charge in [0.1, 0.15) is 11.6 Å². The van der Waals surface area contributed by atoms with E-state index in [2.05, 4.69) is 4.98 Å². The molecule has 5 nitrogen and oxygen atoms in total. The Morgan fingerprint density at radius 1 is 1.03 bits per heavy atom. The van der Waals surface area contributed by atoms with E-state index in [1.807, 2.05) is 79.4 Å². The molecule has 34 heavy (non-hydrogen) atoms. The van der Waals surface area contributed by atoms with Crippen molar-refractivity contribution in [3.63, 3.8) is 0 Å². The fraction of sp³-hybridized carbons (Fsp3) is 0.207. The van der Waals surface area contributed by atoms with Crippen molar-refractivity contribution in [2.24, 2.45) is 0 Å². The first-order valence-corrected chi connectivity index (χ1v) is 11.6. The number of aliphatic hydroxyl groups excluding tert-OH is 1. The van der Waals surface area contributed by atoms with Gasteiger partial charge < -0.3 is 5.11 Å². The molecule has 1 unspecified atom stereocenters. The number of hydrogen-bond acceptors (Lipinski definition) is 4. The summed E-state index contributed by atoms with van der Waals surface area (Å²) in [6, 6.07) is 19.3. The number of hydrogen-bond donors (Lipinski definition) is 2. The van der Waals surface area contributed by atoms with Crippen molar-refractivity contribution in [1.29, 1.82) is 5.41 Å². The van der Waals surface area contributed by atoms with Crippen molar-refractivity contribution in [1.82, 2.24) is 4.98 Å². The molecule has 0 bridgehead atoms. The summed E-state index contributed by atoms with van der Waals surface area (Å²) in [6.45, 7) is 4.00. The Balaban J connectivity index is 1.82. The summed E-state index contributed by atoms with van der Waals surface area (Å²) in [6.07, 6.45) is 5.33. The first-order valence-electron chi connectivity index (χ1n) is 11.6. The number of ketones is 1. The Labute approximate surface area is 199 Å². The minimum absolute atomic E-state index is 0.0152. The fourth-order valence-corrected chi connectivity index (χ4v) is 4.99. The van der Waals surface area contributed by atoms with Crippen LogP contribution < -0.4 is 4.90 Å². The molecular formula is C29H27N3O2. The van der Waals surface area contributed by atoms with Gasteiger partial charge in [0.05, 0.1) is 0 Å². The third-order valence-electron chi connectivity index (χ3n) is 6.61. The Bertz CT molecular complexity index is 1340. The number of nitrogens with one attached hydrogen (secondary N) is 1. The molecule has 0 spiro atoms. The first-order chi connectivity index (χ1) is 16.5. The number of carbonyl (C=O) groups is 1. The van der Waals surface area contributed by atoms with E-state index in [9.17, 15) is 15.3 Å². The molecule has 0 fully saturated rings. The summed E-state index contributed by atoms with van der Waals surface area (Å²) in [4.78, 5) is 19.6. The minimum Gasteiger partial charge on any atom is -0.507 e. The van der Waals surface area contributed by atoms with Crippen LogP contribution in [0.2, 0.25) is 0 Å². The lowest BCUT2D eigenvalue weighted by atomic mass is 9.73. The summed E-state index contributed by atoms with van der Waals surface area (Å²) in [5.41, 5.74) is 6.32. The zero-order chi connectivity index (χ0) is 23.8. The van der Waals surface area contributed by atoms with Gasteiger partial charge in [0.2, 0.25) is 0 Å². The lowest BCUT2D eigenvalue weighted by molar-refractivity contribution is -0.116. The molecule has 5 rings (SSSR count). The van der Waals surface area contributed by atoms with Gasteiger partial charge in [-0.2, -0.15) is 0 Å². The molecule has 2 N–H and O–H groups in total. The Kier molecular flexibility index (Phi) is 5.62. The van der Waals surface area contributed by atoms with E-state index >= 15 is 0 Å². The molecule has 5 heteroatoms. The van der Waals surface area contributed by atoms with Crippen molar-refractivity contribution in [2.75, 3.05) is 4.90 Å². The third-order valence-corrected chi connectivity index (χ3v) is 6.61. The van der Waals surface area contributed by atoms with Crippen LogP contribution in [0.15, 0.2) is 89.9 Å². The maximum absolute atomic E-state index is 13.4. The van der Waals surface area contributed by atoms with Gasteiger partial charge >= 0.3 is 0 Å². The highest BCUT2D eigenvalue weighted by Crippen LogP contribution is 2.47. The van der Waals surface area contributed by atoms with Gasteiger partial charge in [-0.3, -0.25) is 20.1 Å². The zero-order valence-corrected chi connectivity index (χ0v) is 19.4. The molecule has 2 aliphatic rings. The van der Waals surface area contributed by atoms with Crippen LogP contribution in [0.25, 0.3) is 5.76 Å². The van der Waals surface area contributed by atoms with E-state index in [4.69, 9.17) is 0 Å². The van der Waals surface area contributed by atoms with Crippen LogP contribution >= 0.6 is 0 Å². The molecule has 1 aliphatic heterocycles.